The SMILES string of the molecule is Cc1ccccc1C(C)(C)CNC(=O)C1CCCNC1. The second-order valence-corrected chi connectivity index (χ2v) is 6.46. The predicted octanol–water partition coefficient (Wildman–Crippen LogP) is 2.39. The van der Waals surface area contributed by atoms with Crippen molar-refractivity contribution in [3.63, 3.8) is 0 Å². The summed E-state index contributed by atoms with van der Waals surface area (Å²) in [5.74, 6) is 0.329. The van der Waals surface area contributed by atoms with E-state index in [1.165, 1.54) is 11.1 Å². The number of nitrogens with one attached hydrogen (secondary N) is 2. The molecule has 1 saturated heterocycles. The van der Waals surface area contributed by atoms with Crippen LogP contribution in [0.3, 0.4) is 0 Å². The average molecular weight is 274 g/mol. The maximum Gasteiger partial charge on any atom is 0.224 e. The van der Waals surface area contributed by atoms with Crippen molar-refractivity contribution in [3.05, 3.63) is 35.4 Å². The molecular formula is C17H26N2O. The fourth-order valence-electron chi connectivity index (χ4n) is 2.96. The molecular weight excluding hydrogens is 248 g/mol. The van der Waals surface area contributed by atoms with Gasteiger partial charge in [-0.3, -0.25) is 4.79 Å². The first-order chi connectivity index (χ1) is 9.50. The molecule has 0 bridgehead atoms. The minimum Gasteiger partial charge on any atom is -0.355 e. The molecule has 0 aromatic heterocycles. The summed E-state index contributed by atoms with van der Waals surface area (Å²) in [5.41, 5.74) is 2.55. The number of hydrogen-bond acceptors (Lipinski definition) is 2. The minimum absolute atomic E-state index is 0.0386. The van der Waals surface area contributed by atoms with Crippen molar-refractivity contribution in [2.75, 3.05) is 19.6 Å². The number of hydrogen-bond donors (Lipinski definition) is 2. The largest absolute Gasteiger partial charge is 0.355 e. The Balaban J connectivity index is 1.95. The smallest absolute Gasteiger partial charge is 0.224 e. The maximum atomic E-state index is 12.2. The molecule has 0 saturated carbocycles. The Morgan fingerprint density at radius 2 is 2.15 bits per heavy atom. The monoisotopic (exact) mass is 274 g/mol. The van der Waals surface area contributed by atoms with Crippen molar-refractivity contribution in [3.8, 4) is 0 Å². The molecule has 0 aliphatic carbocycles. The summed E-state index contributed by atoms with van der Waals surface area (Å²) in [4.78, 5) is 12.2. The third-order valence-electron chi connectivity index (χ3n) is 4.25. The van der Waals surface area contributed by atoms with E-state index < -0.39 is 0 Å². The summed E-state index contributed by atoms with van der Waals surface area (Å²) in [6, 6.07) is 8.41. The van der Waals surface area contributed by atoms with Gasteiger partial charge in [0, 0.05) is 18.5 Å². The van der Waals surface area contributed by atoms with E-state index in [1.807, 2.05) is 0 Å². The molecule has 1 aliphatic heterocycles. The Morgan fingerprint density at radius 3 is 2.80 bits per heavy atom. The number of benzene rings is 1. The number of carbonyl (C=O) groups excluding carboxylic acids is 1. The lowest BCUT2D eigenvalue weighted by Gasteiger charge is -2.29. The van der Waals surface area contributed by atoms with E-state index in [0.29, 0.717) is 6.54 Å². The van der Waals surface area contributed by atoms with Gasteiger partial charge in [-0.05, 0) is 37.4 Å². The molecule has 1 aliphatic rings. The van der Waals surface area contributed by atoms with Crippen molar-refractivity contribution < 1.29 is 4.79 Å². The van der Waals surface area contributed by atoms with Crippen LogP contribution in [-0.2, 0) is 10.2 Å². The summed E-state index contributed by atoms with van der Waals surface area (Å²) in [6.07, 6.45) is 2.10. The van der Waals surface area contributed by atoms with Crippen molar-refractivity contribution in [1.29, 1.82) is 0 Å². The van der Waals surface area contributed by atoms with Crippen LogP contribution in [0.5, 0.6) is 0 Å². The Kier molecular flexibility index (Phi) is 4.81. The van der Waals surface area contributed by atoms with Crippen molar-refractivity contribution >= 4 is 5.91 Å². The highest BCUT2D eigenvalue weighted by atomic mass is 16.1. The molecule has 2 rings (SSSR count). The van der Waals surface area contributed by atoms with Gasteiger partial charge in [0.1, 0.15) is 0 Å². The lowest BCUT2D eigenvalue weighted by molar-refractivity contribution is -0.125. The lowest BCUT2D eigenvalue weighted by Crippen LogP contribution is -2.44. The topological polar surface area (TPSA) is 41.1 Å². The quantitative estimate of drug-likeness (QED) is 0.885. The van der Waals surface area contributed by atoms with E-state index in [-0.39, 0.29) is 17.2 Å². The molecule has 3 nitrogen and oxygen atoms in total. The minimum atomic E-state index is -0.0386. The van der Waals surface area contributed by atoms with Gasteiger partial charge in [-0.1, -0.05) is 38.1 Å². The molecule has 1 unspecified atom stereocenters. The predicted molar refractivity (Wildman–Crippen MR) is 82.8 cm³/mol. The van der Waals surface area contributed by atoms with Crippen LogP contribution in [0, 0.1) is 12.8 Å². The van der Waals surface area contributed by atoms with Crippen LogP contribution in [0.1, 0.15) is 37.8 Å². The number of carbonyl (C=O) groups is 1. The highest BCUT2D eigenvalue weighted by Crippen LogP contribution is 2.25. The van der Waals surface area contributed by atoms with Gasteiger partial charge in [-0.25, -0.2) is 0 Å². The van der Waals surface area contributed by atoms with E-state index in [2.05, 4.69) is 55.7 Å². The van der Waals surface area contributed by atoms with E-state index in [9.17, 15) is 4.79 Å². The van der Waals surface area contributed by atoms with Crippen LogP contribution in [0.2, 0.25) is 0 Å². The summed E-state index contributed by atoms with van der Waals surface area (Å²) in [5, 5.41) is 6.43. The third kappa shape index (κ3) is 3.60. The van der Waals surface area contributed by atoms with Gasteiger partial charge in [0.15, 0.2) is 0 Å². The summed E-state index contributed by atoms with van der Waals surface area (Å²) in [7, 11) is 0. The molecule has 1 aromatic carbocycles. The molecule has 110 valence electrons. The van der Waals surface area contributed by atoms with Gasteiger partial charge >= 0.3 is 0 Å². The van der Waals surface area contributed by atoms with Gasteiger partial charge in [0.05, 0.1) is 5.92 Å². The van der Waals surface area contributed by atoms with Crippen molar-refractivity contribution in [1.82, 2.24) is 10.6 Å². The number of piperidine rings is 1. The van der Waals surface area contributed by atoms with Gasteiger partial charge in [-0.2, -0.15) is 0 Å². The summed E-state index contributed by atoms with van der Waals surface area (Å²) < 4.78 is 0. The molecule has 3 heteroatoms. The molecule has 2 N–H and O–H groups in total. The molecule has 0 spiro atoms. The zero-order valence-electron chi connectivity index (χ0n) is 12.8. The first-order valence-corrected chi connectivity index (χ1v) is 7.55. The Morgan fingerprint density at radius 1 is 1.40 bits per heavy atom. The Hall–Kier alpha value is -1.35. The van der Waals surface area contributed by atoms with Crippen LogP contribution in [0.25, 0.3) is 0 Å². The van der Waals surface area contributed by atoms with Crippen LogP contribution in [0.4, 0.5) is 0 Å². The maximum absolute atomic E-state index is 12.2. The van der Waals surface area contributed by atoms with E-state index in [1.54, 1.807) is 0 Å². The number of amides is 1. The van der Waals surface area contributed by atoms with E-state index in [0.717, 1.165) is 25.9 Å². The van der Waals surface area contributed by atoms with Gasteiger partial charge < -0.3 is 10.6 Å². The van der Waals surface area contributed by atoms with Crippen LogP contribution in [0.15, 0.2) is 24.3 Å². The van der Waals surface area contributed by atoms with Crippen LogP contribution < -0.4 is 10.6 Å². The molecule has 1 amide bonds. The molecule has 1 fully saturated rings. The zero-order chi connectivity index (χ0) is 14.6. The van der Waals surface area contributed by atoms with E-state index >= 15 is 0 Å². The van der Waals surface area contributed by atoms with Gasteiger partial charge in [0.25, 0.3) is 0 Å². The number of aryl methyl sites for hydroxylation is 1. The number of rotatable bonds is 4. The van der Waals surface area contributed by atoms with Crippen LogP contribution in [-0.4, -0.2) is 25.5 Å². The standard InChI is InChI=1S/C17H26N2O/c1-13-7-4-5-9-15(13)17(2,3)12-19-16(20)14-8-6-10-18-11-14/h4-5,7,9,14,18H,6,8,10-12H2,1-3H3,(H,19,20). The second kappa shape index (κ2) is 6.40. The lowest BCUT2D eigenvalue weighted by atomic mass is 9.82. The molecule has 1 heterocycles. The second-order valence-electron chi connectivity index (χ2n) is 6.46. The molecule has 20 heavy (non-hydrogen) atoms. The van der Waals surface area contributed by atoms with Crippen molar-refractivity contribution in [2.45, 2.75) is 39.0 Å². The van der Waals surface area contributed by atoms with Crippen LogP contribution >= 0.6 is 0 Å². The van der Waals surface area contributed by atoms with Crippen molar-refractivity contribution in [2.24, 2.45) is 5.92 Å². The fourth-order valence-corrected chi connectivity index (χ4v) is 2.96. The molecule has 1 atom stereocenters. The highest BCUT2D eigenvalue weighted by molar-refractivity contribution is 5.79. The first-order valence-electron chi connectivity index (χ1n) is 7.55. The fraction of sp³-hybridized carbons (Fsp3) is 0.588. The van der Waals surface area contributed by atoms with E-state index in [4.69, 9.17) is 0 Å². The van der Waals surface area contributed by atoms with Gasteiger partial charge in [0.2, 0.25) is 5.91 Å². The summed E-state index contributed by atoms with van der Waals surface area (Å²) >= 11 is 0. The highest BCUT2D eigenvalue weighted by Gasteiger charge is 2.26. The zero-order valence-corrected chi connectivity index (χ0v) is 12.8. The Bertz CT molecular complexity index is 462. The molecule has 1 aromatic rings. The summed E-state index contributed by atoms with van der Waals surface area (Å²) in [6.45, 7) is 9.05. The van der Waals surface area contributed by atoms with Gasteiger partial charge in [-0.15, -0.1) is 0 Å². The Labute approximate surface area is 122 Å². The average Bonchev–Trinajstić information content (AvgIpc) is 2.46. The first kappa shape index (κ1) is 15.0. The normalized spacial score (nSPS) is 19.6. The molecule has 0 radical (unpaired) electrons. The third-order valence-corrected chi connectivity index (χ3v) is 4.25.